The lowest BCUT2D eigenvalue weighted by Gasteiger charge is -2.46. The number of methoxy groups -OCH3 is 1. The fourth-order valence-electron chi connectivity index (χ4n) is 11.5. The maximum absolute atomic E-state index is 16.6. The first-order valence-electron chi connectivity index (χ1n) is 24.3. The Labute approximate surface area is 398 Å². The molecule has 9 rings (SSSR count). The fraction of sp³-hybridized carbons (Fsp3) is 0.455. The minimum Gasteiger partial charge on any atom is -0.491 e. The normalized spacial score (nSPS) is 25.8. The molecule has 0 radical (unpaired) electrons. The van der Waals surface area contributed by atoms with Crippen LogP contribution >= 0.6 is 0 Å². The van der Waals surface area contributed by atoms with Crippen LogP contribution in [0.4, 0.5) is 10.5 Å². The molecule has 5 aliphatic rings. The van der Waals surface area contributed by atoms with Crippen molar-refractivity contribution in [2.45, 2.75) is 106 Å². The number of anilines is 1. The van der Waals surface area contributed by atoms with Crippen LogP contribution < -0.4 is 9.64 Å². The monoisotopic (exact) mass is 923 g/mol. The Morgan fingerprint density at radius 1 is 0.765 bits per heavy atom. The molecule has 0 unspecified atom stereocenters. The highest BCUT2D eigenvalue weighted by atomic mass is 16.6. The average Bonchev–Trinajstić information content (AvgIpc) is 3.68. The predicted molar refractivity (Wildman–Crippen MR) is 253 cm³/mol. The van der Waals surface area contributed by atoms with Crippen molar-refractivity contribution in [1.82, 2.24) is 9.80 Å². The molecule has 1 saturated carbocycles. The Bertz CT molecular complexity index is 2510. The molecule has 4 aromatic carbocycles. The van der Waals surface area contributed by atoms with Gasteiger partial charge in [-0.2, -0.15) is 0 Å². The summed E-state index contributed by atoms with van der Waals surface area (Å²) >= 11 is 0. The molecule has 0 aromatic heterocycles. The zero-order valence-electron chi connectivity index (χ0n) is 38.7. The molecule has 3 amide bonds. The number of aliphatic hydroxyl groups is 2. The van der Waals surface area contributed by atoms with E-state index < -0.39 is 65.0 Å². The zero-order chi connectivity index (χ0) is 47.3. The molecular formula is C55H61N3O10. The van der Waals surface area contributed by atoms with Crippen molar-refractivity contribution >= 4 is 29.6 Å². The van der Waals surface area contributed by atoms with Gasteiger partial charge in [-0.3, -0.25) is 19.3 Å². The molecule has 13 nitrogen and oxygen atoms in total. The second-order valence-corrected chi connectivity index (χ2v) is 18.6. The van der Waals surface area contributed by atoms with Gasteiger partial charge in [0.25, 0.3) is 0 Å². The van der Waals surface area contributed by atoms with Gasteiger partial charge < -0.3 is 34.1 Å². The predicted octanol–water partition coefficient (Wildman–Crippen LogP) is 7.74. The van der Waals surface area contributed by atoms with Crippen LogP contribution in [0.25, 0.3) is 0 Å². The van der Waals surface area contributed by atoms with Crippen molar-refractivity contribution < 1.29 is 48.3 Å². The van der Waals surface area contributed by atoms with Crippen molar-refractivity contribution in [1.29, 1.82) is 0 Å². The largest absolute Gasteiger partial charge is 0.491 e. The van der Waals surface area contributed by atoms with Crippen LogP contribution in [0.5, 0.6) is 5.75 Å². The van der Waals surface area contributed by atoms with Gasteiger partial charge in [0.05, 0.1) is 36.9 Å². The molecule has 3 saturated heterocycles. The Balaban J connectivity index is 1.37. The first kappa shape index (κ1) is 47.0. The molecule has 68 heavy (non-hydrogen) atoms. The standard InChI is InChI=1S/C55H61N3O10/c1-65-35-36-67-53(63)57-43-26-25-38(27-30-54(64)28-15-3-4-16-29-54)37-42(43)55(52(57)62)45(50(60)56-31-17-5-2-6-18-32-56)47-51(61)68-48(40-21-11-8-12-22-40)46(39-19-9-7-10-20-39)58(47)49(55)41-23-13-14-24-44(41)66-34-33-59/h7-14,19-26,37,45-49,59,64H,2-6,15-18,28-29,31-36H2,1H3/t45-,46-,47-,48+,49+,55-/m0/s1. The van der Waals surface area contributed by atoms with Gasteiger partial charge in [0.1, 0.15) is 42.1 Å². The number of carbonyl (C=O) groups is 4. The first-order chi connectivity index (χ1) is 33.2. The summed E-state index contributed by atoms with van der Waals surface area (Å²) in [6.45, 7) is 0.347. The van der Waals surface area contributed by atoms with Gasteiger partial charge in [-0.15, -0.1) is 0 Å². The lowest BCUT2D eigenvalue weighted by Crippen LogP contribution is -2.56. The van der Waals surface area contributed by atoms with Gasteiger partial charge in [-0.25, -0.2) is 9.69 Å². The highest BCUT2D eigenvalue weighted by Gasteiger charge is 2.76. The van der Waals surface area contributed by atoms with Gasteiger partial charge in [-0.1, -0.05) is 123 Å². The number of imide groups is 1. The number of ether oxygens (including phenoxy) is 4. The number of nitrogens with zero attached hydrogens (tertiary/aromatic N) is 3. The van der Waals surface area contributed by atoms with Crippen molar-refractivity contribution in [3.63, 3.8) is 0 Å². The summed E-state index contributed by atoms with van der Waals surface area (Å²) in [5.41, 5.74) is -0.360. The third-order valence-corrected chi connectivity index (χ3v) is 14.5. The number of esters is 1. The van der Waals surface area contributed by atoms with Crippen LogP contribution in [0, 0.1) is 17.8 Å². The smallest absolute Gasteiger partial charge is 0.421 e. The third kappa shape index (κ3) is 8.79. The summed E-state index contributed by atoms with van der Waals surface area (Å²) in [6, 6.07) is 28.1. The molecule has 4 aliphatic heterocycles. The highest BCUT2D eigenvalue weighted by molar-refractivity contribution is 6.23. The highest BCUT2D eigenvalue weighted by Crippen LogP contribution is 2.67. The van der Waals surface area contributed by atoms with Crippen LogP contribution in [0.1, 0.15) is 117 Å². The van der Waals surface area contributed by atoms with Crippen LogP contribution in [-0.2, 0) is 34.0 Å². The van der Waals surface area contributed by atoms with E-state index in [1.807, 2.05) is 77.7 Å². The van der Waals surface area contributed by atoms with E-state index >= 15 is 14.4 Å². The fourth-order valence-corrected chi connectivity index (χ4v) is 11.5. The summed E-state index contributed by atoms with van der Waals surface area (Å²) in [5.74, 6) is 3.47. The first-order valence-corrected chi connectivity index (χ1v) is 24.3. The van der Waals surface area contributed by atoms with Gasteiger partial charge >= 0.3 is 12.1 Å². The van der Waals surface area contributed by atoms with Gasteiger partial charge in [0.2, 0.25) is 11.8 Å². The molecule has 2 N–H and O–H groups in total. The zero-order valence-corrected chi connectivity index (χ0v) is 38.7. The number of fused-ring (bicyclic) bond motifs is 3. The maximum atomic E-state index is 16.6. The summed E-state index contributed by atoms with van der Waals surface area (Å²) in [6.07, 6.45) is 7.22. The SMILES string of the molecule is COCCOC(=O)N1C(=O)[C@@]2(c3cc(C#CC4(O)CCCCCC4)ccc31)[C@H](C(=O)N1CCCCCCC1)[C@H]1C(=O)O[C@H](c3ccccc3)[C@H](c3ccccc3)N1[C@@H]2c1ccccc1OCCO. The van der Waals surface area contributed by atoms with Crippen molar-refractivity contribution in [3.05, 3.63) is 131 Å². The molecule has 0 bridgehead atoms. The lowest BCUT2D eigenvalue weighted by atomic mass is 9.64. The number of aliphatic hydroxyl groups excluding tert-OH is 1. The number of cyclic esters (lactones) is 1. The number of hydrogen-bond acceptors (Lipinski definition) is 11. The van der Waals surface area contributed by atoms with E-state index in [1.54, 1.807) is 35.2 Å². The molecule has 1 spiro atoms. The van der Waals surface area contributed by atoms with Crippen molar-refractivity contribution in [2.24, 2.45) is 5.92 Å². The van der Waals surface area contributed by atoms with E-state index in [2.05, 4.69) is 11.8 Å². The quantitative estimate of drug-likeness (QED) is 0.0695. The number of benzene rings is 4. The van der Waals surface area contributed by atoms with E-state index in [9.17, 15) is 15.0 Å². The van der Waals surface area contributed by atoms with E-state index in [1.165, 1.54) is 7.11 Å². The summed E-state index contributed by atoms with van der Waals surface area (Å²) in [7, 11) is 1.48. The maximum Gasteiger partial charge on any atom is 0.421 e. The molecule has 6 atom stereocenters. The van der Waals surface area contributed by atoms with Gasteiger partial charge in [0.15, 0.2) is 0 Å². The number of likely N-dealkylation sites (tertiary alicyclic amines) is 1. The second kappa shape index (κ2) is 20.7. The molecular weight excluding hydrogens is 863 g/mol. The molecule has 356 valence electrons. The minimum absolute atomic E-state index is 0.0683. The van der Waals surface area contributed by atoms with Crippen LogP contribution in [0.3, 0.4) is 0 Å². The number of para-hydroxylation sites is 1. The van der Waals surface area contributed by atoms with Crippen LogP contribution in [0.15, 0.2) is 103 Å². The Morgan fingerprint density at radius 3 is 2.10 bits per heavy atom. The van der Waals surface area contributed by atoms with E-state index in [0.717, 1.165) is 68.3 Å². The molecule has 13 heteroatoms. The van der Waals surface area contributed by atoms with E-state index in [4.69, 9.17) is 18.9 Å². The second-order valence-electron chi connectivity index (χ2n) is 18.6. The molecule has 1 aliphatic carbocycles. The molecule has 4 fully saturated rings. The lowest BCUT2D eigenvalue weighted by molar-refractivity contribution is -0.179. The number of rotatable bonds is 10. The Kier molecular flexibility index (Phi) is 14.3. The molecule has 4 heterocycles. The van der Waals surface area contributed by atoms with Crippen LogP contribution in [-0.4, -0.2) is 102 Å². The summed E-state index contributed by atoms with van der Waals surface area (Å²) in [4.78, 5) is 67.9. The van der Waals surface area contributed by atoms with Gasteiger partial charge in [0, 0.05) is 31.3 Å². The summed E-state index contributed by atoms with van der Waals surface area (Å²) in [5, 5.41) is 21.9. The van der Waals surface area contributed by atoms with Crippen molar-refractivity contribution in [2.75, 3.05) is 51.5 Å². The number of morpholine rings is 1. The van der Waals surface area contributed by atoms with Crippen molar-refractivity contribution in [3.8, 4) is 17.6 Å². The average molecular weight is 924 g/mol. The third-order valence-electron chi connectivity index (χ3n) is 14.5. The Morgan fingerprint density at radius 2 is 1.41 bits per heavy atom. The van der Waals surface area contributed by atoms with Gasteiger partial charge in [-0.05, 0) is 79.5 Å². The number of carbonyl (C=O) groups excluding carboxylic acids is 4. The topological polar surface area (TPSA) is 155 Å². The van der Waals surface area contributed by atoms with E-state index in [0.29, 0.717) is 53.9 Å². The molecule has 4 aromatic rings. The number of amides is 3. The van der Waals surface area contributed by atoms with E-state index in [-0.39, 0.29) is 32.1 Å². The Hall–Kier alpha value is -6.04. The summed E-state index contributed by atoms with van der Waals surface area (Å²) < 4.78 is 24.0. The minimum atomic E-state index is -2.03. The number of hydrogen-bond donors (Lipinski definition) is 2. The van der Waals surface area contributed by atoms with Crippen LogP contribution in [0.2, 0.25) is 0 Å².